The zero-order chi connectivity index (χ0) is 55.9. The number of nitrogens with one attached hydrogen (secondary N) is 5. The summed E-state index contributed by atoms with van der Waals surface area (Å²) in [5.41, 5.74) is 7.06. The van der Waals surface area contributed by atoms with Crippen LogP contribution >= 0.6 is 11.3 Å². The highest BCUT2D eigenvalue weighted by Gasteiger charge is 2.42. The van der Waals surface area contributed by atoms with E-state index < -0.39 is 29.1 Å². The number of carbonyl (C=O) groups is 4. The fraction of sp³-hybridized carbons (Fsp3) is 0.483. The number of benzene rings is 3. The fourth-order valence-corrected chi connectivity index (χ4v) is 10.8. The number of fused-ring (bicyclic) bond motifs is 1. The molecule has 2 atom stereocenters. The van der Waals surface area contributed by atoms with Crippen molar-refractivity contribution < 1.29 is 42.2 Å². The van der Waals surface area contributed by atoms with Crippen molar-refractivity contribution in [2.24, 2.45) is 5.41 Å². The molecule has 3 aliphatic heterocycles. The summed E-state index contributed by atoms with van der Waals surface area (Å²) in [5.74, 6) is -2.19. The molecule has 21 heteroatoms. The average Bonchev–Trinajstić information content (AvgIpc) is 4.23. The number of aryl methyl sites for hydroxylation is 1. The number of para-hydroxylation sites is 1. The van der Waals surface area contributed by atoms with Gasteiger partial charge in [0.05, 0.1) is 85.2 Å². The van der Waals surface area contributed by atoms with Crippen molar-refractivity contribution >= 4 is 57.8 Å². The summed E-state index contributed by atoms with van der Waals surface area (Å²) < 4.78 is 47.5. The molecule has 3 fully saturated rings. The number of aromatic nitrogens is 3. The van der Waals surface area contributed by atoms with Gasteiger partial charge >= 0.3 is 0 Å². The molecule has 0 radical (unpaired) electrons. The first kappa shape index (κ1) is 58.5. The number of carbonyl (C=O) groups excluding carboxylic acids is 4. The number of halogens is 2. The Labute approximate surface area is 464 Å². The molecule has 2 aromatic heterocycles. The molecule has 8 rings (SSSR count). The topological polar surface area (TPSA) is 216 Å². The van der Waals surface area contributed by atoms with Crippen LogP contribution in [0.5, 0.6) is 0 Å². The number of ether oxygens (including phenoxy) is 3. The van der Waals surface area contributed by atoms with Gasteiger partial charge in [0.15, 0.2) is 0 Å². The molecule has 5 heterocycles. The van der Waals surface area contributed by atoms with E-state index >= 15 is 8.78 Å². The molecule has 0 bridgehead atoms. The van der Waals surface area contributed by atoms with E-state index in [0.717, 1.165) is 34.5 Å². The van der Waals surface area contributed by atoms with Gasteiger partial charge in [-0.1, -0.05) is 57.2 Å². The maximum atomic E-state index is 15.4. The van der Waals surface area contributed by atoms with Crippen molar-refractivity contribution in [1.29, 1.82) is 5.41 Å². The predicted octanol–water partition coefficient (Wildman–Crippen LogP) is 6.26. The van der Waals surface area contributed by atoms with Crippen LogP contribution in [0.4, 0.5) is 8.78 Å². The molecule has 3 aliphatic rings. The second kappa shape index (κ2) is 28.0. The van der Waals surface area contributed by atoms with Gasteiger partial charge < -0.3 is 45.8 Å². The van der Waals surface area contributed by atoms with Gasteiger partial charge in [0.1, 0.15) is 23.7 Å². The van der Waals surface area contributed by atoms with Crippen molar-refractivity contribution in [1.82, 2.24) is 50.9 Å². The zero-order valence-electron chi connectivity index (χ0n) is 45.6. The Morgan fingerprint density at radius 2 is 1.61 bits per heavy atom. The Kier molecular flexibility index (Phi) is 20.7. The van der Waals surface area contributed by atoms with Crippen LogP contribution < -0.4 is 21.3 Å². The van der Waals surface area contributed by atoms with E-state index in [1.54, 1.807) is 46.8 Å². The number of amides is 4. The highest BCUT2D eigenvalue weighted by atomic mass is 32.1. The maximum Gasteiger partial charge on any atom is 0.246 e. The van der Waals surface area contributed by atoms with Gasteiger partial charge in [-0.25, -0.2) is 18.7 Å². The second-order valence-electron chi connectivity index (χ2n) is 21.3. The lowest BCUT2D eigenvalue weighted by Crippen LogP contribution is -2.57. The van der Waals surface area contributed by atoms with Gasteiger partial charge in [-0.15, -0.1) is 11.3 Å². The number of rotatable bonds is 24. The summed E-state index contributed by atoms with van der Waals surface area (Å²) >= 11 is 1.59. The number of hydrogen-bond donors (Lipinski definition) is 5. The summed E-state index contributed by atoms with van der Waals surface area (Å²) in [4.78, 5) is 73.8. The SMILES string of the molecule is Cc1ncsc1-c1ccc(CNC(=O)C2CCCN2C(=O)[C@@H](NC(=O)CCOCCOCCNC(=O)CN2CCC(N/C=C(\C=N)c3cnc4cccc(-c5cc(F)c(CN6CCOCC6)c(F)c5)c4n3)CC2)C(C)(C)C)cc1. The van der Waals surface area contributed by atoms with E-state index in [4.69, 9.17) is 24.6 Å². The van der Waals surface area contributed by atoms with E-state index in [9.17, 15) is 19.2 Å². The Bertz CT molecular complexity index is 2920. The number of morpholine rings is 1. The molecule has 18 nitrogen and oxygen atoms in total. The largest absolute Gasteiger partial charge is 0.387 e. The first-order valence-electron chi connectivity index (χ1n) is 27.2. The van der Waals surface area contributed by atoms with Crippen molar-refractivity contribution in [2.75, 3.05) is 85.5 Å². The highest BCUT2D eigenvalue weighted by Crippen LogP contribution is 2.32. The maximum absolute atomic E-state index is 15.4. The Balaban J connectivity index is 0.692. The minimum Gasteiger partial charge on any atom is -0.387 e. The highest BCUT2D eigenvalue weighted by molar-refractivity contribution is 7.13. The normalized spacial score (nSPS) is 17.2. The Morgan fingerprint density at radius 1 is 0.873 bits per heavy atom. The standard InChI is InChI=1S/C58H73F2N11O7S/c1-38-54(79-37-66-38)40-12-10-39(11-13-40)32-65-56(74)50-9-6-18-71(50)57(75)55(58(2,3)4)68-51(72)16-23-76-27-28-77-24-17-62-52(73)36-69-19-14-43(15-20-69)63-33-42(31-61)49-34-64-48-8-5-7-44(53(48)67-49)41-29-46(59)45(47(60)30-41)35-70-21-25-78-26-22-70/h5,7-8,10-13,29-31,33-34,37,43,50,55,61,63H,6,9,14-28,32,35-36H2,1-4H3,(H,62,73)(H,65,74)(H,68,72)/b42-33+,61-31?/t50?,55-/m1/s1. The van der Waals surface area contributed by atoms with Gasteiger partial charge in [-0.3, -0.25) is 34.0 Å². The molecule has 5 N–H and O–H groups in total. The summed E-state index contributed by atoms with van der Waals surface area (Å²) in [6.45, 7) is 13.7. The number of likely N-dealkylation sites (tertiary alicyclic amines) is 2. The fourth-order valence-electron chi connectivity index (χ4n) is 9.97. The van der Waals surface area contributed by atoms with Crippen LogP contribution in [-0.4, -0.2) is 163 Å². The number of hydrogen-bond acceptors (Lipinski definition) is 15. The van der Waals surface area contributed by atoms with Gasteiger partial charge in [-0.05, 0) is 72.9 Å². The van der Waals surface area contributed by atoms with E-state index in [-0.39, 0.29) is 81.2 Å². The first-order valence-corrected chi connectivity index (χ1v) is 28.1. The number of allylic oxidation sites excluding steroid dienone is 1. The summed E-state index contributed by atoms with van der Waals surface area (Å²) in [7, 11) is 0. The average molecular weight is 1110 g/mol. The number of piperidine rings is 1. The molecule has 0 aliphatic carbocycles. The third-order valence-electron chi connectivity index (χ3n) is 14.5. The Hall–Kier alpha value is -6.62. The van der Waals surface area contributed by atoms with Gasteiger partial charge in [0.2, 0.25) is 23.6 Å². The van der Waals surface area contributed by atoms with Crippen LogP contribution in [0.15, 0.2) is 72.5 Å². The monoisotopic (exact) mass is 1110 g/mol. The number of thiazole rings is 1. The van der Waals surface area contributed by atoms with Gasteiger partial charge in [-0.2, -0.15) is 0 Å². The van der Waals surface area contributed by atoms with Crippen molar-refractivity contribution in [3.8, 4) is 21.6 Å². The molecule has 3 aromatic carbocycles. The van der Waals surface area contributed by atoms with Gasteiger partial charge in [0, 0.05) is 93.9 Å². The minimum atomic E-state index is -0.836. The van der Waals surface area contributed by atoms with Crippen molar-refractivity contribution in [3.05, 3.63) is 107 Å². The molecule has 79 heavy (non-hydrogen) atoms. The molecular formula is C58H73F2N11O7S. The lowest BCUT2D eigenvalue weighted by atomic mass is 9.85. The first-order chi connectivity index (χ1) is 38.1. The van der Waals surface area contributed by atoms with E-state index in [1.807, 2.05) is 62.4 Å². The van der Waals surface area contributed by atoms with Gasteiger partial charge in [0.25, 0.3) is 0 Å². The molecule has 0 saturated carbocycles. The quantitative estimate of drug-likeness (QED) is 0.0341. The third-order valence-corrected chi connectivity index (χ3v) is 15.5. The zero-order valence-corrected chi connectivity index (χ0v) is 46.4. The van der Waals surface area contributed by atoms with E-state index in [1.165, 1.54) is 18.3 Å². The minimum absolute atomic E-state index is 0.0188. The molecule has 1 unspecified atom stereocenters. The predicted molar refractivity (Wildman–Crippen MR) is 300 cm³/mol. The lowest BCUT2D eigenvalue weighted by Gasteiger charge is -2.35. The smallest absolute Gasteiger partial charge is 0.246 e. The van der Waals surface area contributed by atoms with E-state index in [0.29, 0.717) is 105 Å². The second-order valence-corrected chi connectivity index (χ2v) is 22.1. The van der Waals surface area contributed by atoms with Crippen molar-refractivity contribution in [3.63, 3.8) is 0 Å². The van der Waals surface area contributed by atoms with Crippen LogP contribution in [0, 0.1) is 29.4 Å². The molecular weight excluding hydrogens is 1030 g/mol. The summed E-state index contributed by atoms with van der Waals surface area (Å²) in [5, 5.41) is 20.4. The van der Waals surface area contributed by atoms with Crippen molar-refractivity contribution in [2.45, 2.75) is 91.0 Å². The summed E-state index contributed by atoms with van der Waals surface area (Å²) in [6.07, 6.45) is 7.34. The number of nitrogens with zero attached hydrogens (tertiary/aromatic N) is 6. The summed E-state index contributed by atoms with van der Waals surface area (Å²) in [6, 6.07) is 14.7. The van der Waals surface area contributed by atoms with Crippen LogP contribution in [0.2, 0.25) is 0 Å². The molecule has 3 saturated heterocycles. The molecule has 422 valence electrons. The Morgan fingerprint density at radius 3 is 2.30 bits per heavy atom. The third kappa shape index (κ3) is 16.0. The van der Waals surface area contributed by atoms with Crippen LogP contribution in [0.3, 0.4) is 0 Å². The molecule has 5 aromatic rings. The van der Waals surface area contributed by atoms with Crippen LogP contribution in [0.25, 0.3) is 38.2 Å². The van der Waals surface area contributed by atoms with E-state index in [2.05, 4.69) is 36.1 Å². The van der Waals surface area contributed by atoms with Crippen LogP contribution in [0.1, 0.15) is 75.4 Å². The lowest BCUT2D eigenvalue weighted by molar-refractivity contribution is -0.144. The molecule has 4 amide bonds. The molecule has 0 spiro atoms. The van der Waals surface area contributed by atoms with Crippen LogP contribution in [-0.2, 0) is 46.5 Å².